The molecular formula is C8H13F3N2O3. The van der Waals surface area contributed by atoms with Crippen LogP contribution in [0.5, 0.6) is 0 Å². The Morgan fingerprint density at radius 1 is 1.38 bits per heavy atom. The fraction of sp³-hybridized carbons (Fsp3) is 0.750. The summed E-state index contributed by atoms with van der Waals surface area (Å²) in [5.41, 5.74) is 4.64. The molecule has 0 spiro atoms. The Morgan fingerprint density at radius 2 is 1.94 bits per heavy atom. The molecule has 2 amide bonds. The van der Waals surface area contributed by atoms with E-state index in [0.29, 0.717) is 4.90 Å². The minimum Gasteiger partial charge on any atom is -0.450 e. The van der Waals surface area contributed by atoms with Crippen molar-refractivity contribution in [2.45, 2.75) is 26.1 Å². The maximum Gasteiger partial charge on any atom is 0.404 e. The van der Waals surface area contributed by atoms with E-state index >= 15 is 0 Å². The molecule has 16 heavy (non-hydrogen) atoms. The van der Waals surface area contributed by atoms with E-state index in [1.165, 1.54) is 0 Å². The maximum atomic E-state index is 12.8. The van der Waals surface area contributed by atoms with Crippen LogP contribution >= 0.6 is 0 Å². The van der Waals surface area contributed by atoms with Crippen LogP contribution in [0.3, 0.4) is 0 Å². The number of amides is 2. The van der Waals surface area contributed by atoms with Crippen LogP contribution in [-0.2, 0) is 9.53 Å². The third-order valence-electron chi connectivity index (χ3n) is 1.70. The smallest absolute Gasteiger partial charge is 0.404 e. The Bertz CT molecular complexity index is 251. The van der Waals surface area contributed by atoms with Gasteiger partial charge in [0.2, 0.25) is 12.2 Å². The van der Waals surface area contributed by atoms with Crippen molar-refractivity contribution < 1.29 is 27.5 Å². The lowest BCUT2D eigenvalue weighted by Crippen LogP contribution is -2.41. The molecule has 0 aliphatic heterocycles. The van der Waals surface area contributed by atoms with Gasteiger partial charge in [0.25, 0.3) is 6.43 Å². The molecule has 1 unspecified atom stereocenters. The second kappa shape index (κ2) is 6.91. The summed E-state index contributed by atoms with van der Waals surface area (Å²) in [5, 5.41) is 0. The van der Waals surface area contributed by atoms with Crippen LogP contribution in [0.15, 0.2) is 0 Å². The van der Waals surface area contributed by atoms with Gasteiger partial charge in [-0.05, 0) is 6.42 Å². The number of halogens is 3. The Morgan fingerprint density at radius 3 is 2.31 bits per heavy atom. The van der Waals surface area contributed by atoms with Gasteiger partial charge in [0.1, 0.15) is 0 Å². The third-order valence-corrected chi connectivity index (χ3v) is 1.70. The number of hydrogen-bond acceptors (Lipinski definition) is 3. The molecule has 0 fully saturated rings. The van der Waals surface area contributed by atoms with Gasteiger partial charge in [-0.15, -0.1) is 0 Å². The van der Waals surface area contributed by atoms with Crippen molar-refractivity contribution in [3.8, 4) is 0 Å². The van der Waals surface area contributed by atoms with Crippen molar-refractivity contribution in [2.24, 2.45) is 5.73 Å². The molecule has 0 heterocycles. The predicted molar refractivity (Wildman–Crippen MR) is 48.4 cm³/mol. The van der Waals surface area contributed by atoms with Gasteiger partial charge in [0.15, 0.2) is 0 Å². The number of rotatable bonds is 6. The molecule has 1 atom stereocenters. The van der Waals surface area contributed by atoms with Crippen LogP contribution in [-0.4, -0.2) is 42.8 Å². The Labute approximate surface area is 90.3 Å². The largest absolute Gasteiger partial charge is 0.450 e. The predicted octanol–water partition coefficient (Wildman–Crippen LogP) is 0.881. The molecule has 5 nitrogen and oxygen atoms in total. The molecule has 2 N–H and O–H groups in total. The van der Waals surface area contributed by atoms with E-state index in [9.17, 15) is 22.8 Å². The van der Waals surface area contributed by atoms with Crippen molar-refractivity contribution in [1.29, 1.82) is 0 Å². The van der Waals surface area contributed by atoms with Crippen LogP contribution < -0.4 is 5.73 Å². The van der Waals surface area contributed by atoms with Crippen LogP contribution in [0.1, 0.15) is 13.3 Å². The summed E-state index contributed by atoms with van der Waals surface area (Å²) in [6.45, 7) is 0.549. The number of carbonyl (C=O) groups is 2. The minimum absolute atomic E-state index is 0.0374. The summed E-state index contributed by atoms with van der Waals surface area (Å²) in [5.74, 6) is -0.813. The summed E-state index contributed by atoms with van der Waals surface area (Å²) in [7, 11) is 0. The van der Waals surface area contributed by atoms with E-state index < -0.39 is 24.7 Å². The lowest BCUT2D eigenvalue weighted by molar-refractivity contribution is -0.142. The SMILES string of the molecule is CC(=O)N(CCCOC(N)=O)C(F)C(F)F. The fourth-order valence-electron chi connectivity index (χ4n) is 0.998. The van der Waals surface area contributed by atoms with Gasteiger partial charge >= 0.3 is 6.09 Å². The molecule has 0 aromatic heterocycles. The van der Waals surface area contributed by atoms with Gasteiger partial charge in [-0.1, -0.05) is 0 Å². The highest BCUT2D eigenvalue weighted by Gasteiger charge is 2.28. The first-order valence-electron chi connectivity index (χ1n) is 4.48. The zero-order chi connectivity index (χ0) is 12.7. The quantitative estimate of drug-likeness (QED) is 0.555. The molecule has 94 valence electrons. The molecule has 0 saturated heterocycles. The zero-order valence-corrected chi connectivity index (χ0v) is 8.66. The van der Waals surface area contributed by atoms with Crippen LogP contribution in [0, 0.1) is 0 Å². The van der Waals surface area contributed by atoms with Crippen molar-refractivity contribution in [3.63, 3.8) is 0 Å². The summed E-state index contributed by atoms with van der Waals surface area (Å²) in [6.07, 6.45) is -6.89. The standard InChI is InChI=1S/C8H13F3N2O3/c1-5(14)13(7(11)6(9)10)3-2-4-16-8(12)15/h6-7H,2-4H2,1H3,(H2,12,15). The second-order valence-electron chi connectivity index (χ2n) is 2.94. The minimum atomic E-state index is -3.26. The molecule has 0 rings (SSSR count). The van der Waals surface area contributed by atoms with Crippen molar-refractivity contribution in [2.75, 3.05) is 13.2 Å². The molecule has 0 aromatic rings. The molecule has 0 aliphatic rings. The summed E-state index contributed by atoms with van der Waals surface area (Å²) < 4.78 is 41.2. The number of alkyl halides is 3. The highest BCUT2D eigenvalue weighted by Crippen LogP contribution is 2.12. The second-order valence-corrected chi connectivity index (χ2v) is 2.94. The Hall–Kier alpha value is -1.47. The molecule has 8 heteroatoms. The monoisotopic (exact) mass is 242 g/mol. The van der Waals surface area contributed by atoms with E-state index in [4.69, 9.17) is 0 Å². The van der Waals surface area contributed by atoms with Crippen molar-refractivity contribution in [3.05, 3.63) is 0 Å². The lowest BCUT2D eigenvalue weighted by atomic mass is 10.3. The topological polar surface area (TPSA) is 72.6 Å². The third kappa shape index (κ3) is 5.42. The zero-order valence-electron chi connectivity index (χ0n) is 8.66. The molecule has 0 bridgehead atoms. The van der Waals surface area contributed by atoms with E-state index in [2.05, 4.69) is 10.5 Å². The number of nitrogens with two attached hydrogens (primary N) is 1. The average Bonchev–Trinajstić information content (AvgIpc) is 2.15. The van der Waals surface area contributed by atoms with E-state index in [0.717, 1.165) is 6.92 Å². The van der Waals surface area contributed by atoms with Crippen LogP contribution in [0.25, 0.3) is 0 Å². The normalized spacial score (nSPS) is 12.3. The average molecular weight is 242 g/mol. The van der Waals surface area contributed by atoms with Crippen molar-refractivity contribution >= 4 is 12.0 Å². The number of hydrogen-bond donors (Lipinski definition) is 1. The van der Waals surface area contributed by atoms with E-state index in [1.54, 1.807) is 0 Å². The van der Waals surface area contributed by atoms with Gasteiger partial charge in [-0.3, -0.25) is 4.79 Å². The number of carbonyl (C=O) groups excluding carboxylic acids is 2. The first kappa shape index (κ1) is 14.5. The number of nitrogens with zero attached hydrogens (tertiary/aromatic N) is 1. The molecule has 0 aliphatic carbocycles. The van der Waals surface area contributed by atoms with Gasteiger partial charge in [-0.25, -0.2) is 18.0 Å². The van der Waals surface area contributed by atoms with Gasteiger partial charge in [0.05, 0.1) is 6.61 Å². The summed E-state index contributed by atoms with van der Waals surface area (Å²) >= 11 is 0. The van der Waals surface area contributed by atoms with Crippen LogP contribution in [0.2, 0.25) is 0 Å². The molecule has 0 radical (unpaired) electrons. The van der Waals surface area contributed by atoms with Gasteiger partial charge in [-0.2, -0.15) is 0 Å². The fourth-order valence-corrected chi connectivity index (χ4v) is 0.998. The highest BCUT2D eigenvalue weighted by molar-refractivity contribution is 5.73. The summed E-state index contributed by atoms with van der Waals surface area (Å²) in [4.78, 5) is 21.4. The lowest BCUT2D eigenvalue weighted by Gasteiger charge is -2.24. The van der Waals surface area contributed by atoms with Gasteiger partial charge in [0, 0.05) is 13.5 Å². The van der Waals surface area contributed by atoms with Crippen LogP contribution in [0.4, 0.5) is 18.0 Å². The Kier molecular flexibility index (Phi) is 6.28. The molecular weight excluding hydrogens is 229 g/mol. The summed E-state index contributed by atoms with van der Waals surface area (Å²) in [6, 6.07) is 0. The molecule has 0 aromatic carbocycles. The maximum absolute atomic E-state index is 12.8. The molecule has 0 saturated carbocycles. The number of primary amides is 1. The highest BCUT2D eigenvalue weighted by atomic mass is 19.3. The van der Waals surface area contributed by atoms with Crippen molar-refractivity contribution in [1.82, 2.24) is 4.90 Å². The number of ether oxygens (including phenoxy) is 1. The first-order valence-corrected chi connectivity index (χ1v) is 4.48. The first-order chi connectivity index (χ1) is 7.36. The van der Waals surface area contributed by atoms with Gasteiger partial charge < -0.3 is 15.4 Å². The Balaban J connectivity index is 4.05. The van der Waals surface area contributed by atoms with E-state index in [1.807, 2.05) is 0 Å². The van der Waals surface area contributed by atoms with E-state index in [-0.39, 0.29) is 19.6 Å².